The zero-order chi connectivity index (χ0) is 25.0. The number of rotatable bonds is 7. The number of ether oxygens (including phenoxy) is 1. The van der Waals surface area contributed by atoms with Crippen LogP contribution in [-0.4, -0.2) is 73.8 Å². The minimum atomic E-state index is -0.261. The number of amides is 1. The van der Waals surface area contributed by atoms with Gasteiger partial charge in [-0.25, -0.2) is 0 Å². The van der Waals surface area contributed by atoms with Crippen LogP contribution in [0.4, 0.5) is 5.69 Å². The van der Waals surface area contributed by atoms with E-state index < -0.39 is 0 Å². The largest absolute Gasteiger partial charge is 0.488 e. The van der Waals surface area contributed by atoms with E-state index in [2.05, 4.69) is 11.8 Å². The Labute approximate surface area is 213 Å². The van der Waals surface area contributed by atoms with Crippen molar-refractivity contribution in [1.29, 1.82) is 0 Å². The Morgan fingerprint density at radius 2 is 1.88 bits per heavy atom. The molecule has 1 amide bonds. The van der Waals surface area contributed by atoms with Crippen molar-refractivity contribution in [3.8, 4) is 5.75 Å². The maximum absolute atomic E-state index is 13.3. The third-order valence-corrected chi connectivity index (χ3v) is 7.08. The molecule has 6 nitrogen and oxygen atoms in total. The van der Waals surface area contributed by atoms with Gasteiger partial charge in [0.2, 0.25) is 5.91 Å². The molecule has 8 heteroatoms. The molecule has 34 heavy (non-hydrogen) atoms. The smallest absolute Gasteiger partial charge is 0.227 e. The highest BCUT2D eigenvalue weighted by molar-refractivity contribution is 6.42. The molecule has 3 atom stereocenters. The average molecular weight is 508 g/mol. The Bertz CT molecular complexity index is 1000. The lowest BCUT2D eigenvalue weighted by molar-refractivity contribution is -0.134. The lowest BCUT2D eigenvalue weighted by Crippen LogP contribution is -2.47. The lowest BCUT2D eigenvalue weighted by atomic mass is 10.0. The second-order valence-corrected chi connectivity index (χ2v) is 10.3. The molecule has 0 spiro atoms. The number of aliphatic hydroxyl groups excluding tert-OH is 1. The number of hydrogen-bond donors (Lipinski definition) is 1. The lowest BCUT2D eigenvalue weighted by Gasteiger charge is -2.34. The number of carbonyl (C=O) groups excluding carboxylic acids is 1. The summed E-state index contributed by atoms with van der Waals surface area (Å²) >= 11 is 12.3. The van der Waals surface area contributed by atoms with Gasteiger partial charge in [-0.3, -0.25) is 9.69 Å². The zero-order valence-electron chi connectivity index (χ0n) is 20.6. The number of halogens is 2. The van der Waals surface area contributed by atoms with E-state index in [-0.39, 0.29) is 37.0 Å². The van der Waals surface area contributed by atoms with Gasteiger partial charge in [0.25, 0.3) is 0 Å². The molecule has 0 radical (unpaired) electrons. The number of carbonyl (C=O) groups is 1. The van der Waals surface area contributed by atoms with Gasteiger partial charge in [0.1, 0.15) is 11.9 Å². The van der Waals surface area contributed by atoms with Crippen LogP contribution in [-0.2, 0) is 17.8 Å². The van der Waals surface area contributed by atoms with Crippen molar-refractivity contribution in [3.63, 3.8) is 0 Å². The van der Waals surface area contributed by atoms with Crippen molar-refractivity contribution < 1.29 is 14.6 Å². The number of nitrogens with zero attached hydrogens (tertiary/aromatic N) is 3. The normalized spacial score (nSPS) is 19.7. The van der Waals surface area contributed by atoms with Crippen LogP contribution in [0.3, 0.4) is 0 Å². The van der Waals surface area contributed by atoms with Gasteiger partial charge in [-0.15, -0.1) is 0 Å². The van der Waals surface area contributed by atoms with E-state index in [1.807, 2.05) is 69.4 Å². The maximum atomic E-state index is 13.3. The Balaban J connectivity index is 1.89. The molecule has 0 fully saturated rings. The molecule has 0 saturated heterocycles. The molecule has 3 rings (SSSR count). The van der Waals surface area contributed by atoms with E-state index in [9.17, 15) is 9.90 Å². The summed E-state index contributed by atoms with van der Waals surface area (Å²) in [4.78, 5) is 19.2. The molecule has 1 aliphatic heterocycles. The fraction of sp³-hybridized carbons (Fsp3) is 0.500. The second-order valence-electron chi connectivity index (χ2n) is 9.52. The van der Waals surface area contributed by atoms with Crippen LogP contribution in [0.25, 0.3) is 0 Å². The van der Waals surface area contributed by atoms with E-state index in [1.165, 1.54) is 0 Å². The van der Waals surface area contributed by atoms with Crippen molar-refractivity contribution in [1.82, 2.24) is 9.80 Å². The minimum absolute atomic E-state index is 0.000957. The van der Waals surface area contributed by atoms with Crippen molar-refractivity contribution >= 4 is 34.8 Å². The Kier molecular flexibility index (Phi) is 9.10. The van der Waals surface area contributed by atoms with Gasteiger partial charge in [-0.2, -0.15) is 0 Å². The van der Waals surface area contributed by atoms with Crippen LogP contribution < -0.4 is 9.64 Å². The summed E-state index contributed by atoms with van der Waals surface area (Å²) in [5.74, 6) is 0.782. The van der Waals surface area contributed by atoms with E-state index in [4.69, 9.17) is 27.9 Å². The Morgan fingerprint density at radius 3 is 2.53 bits per heavy atom. The van der Waals surface area contributed by atoms with Gasteiger partial charge in [0.15, 0.2) is 0 Å². The zero-order valence-corrected chi connectivity index (χ0v) is 22.1. The third-order valence-electron chi connectivity index (χ3n) is 6.34. The molecule has 1 N–H and O–H groups in total. The van der Waals surface area contributed by atoms with Gasteiger partial charge in [0.05, 0.1) is 29.1 Å². The highest BCUT2D eigenvalue weighted by Gasteiger charge is 2.31. The number of aliphatic hydroxyl groups is 1. The highest BCUT2D eigenvalue weighted by atomic mass is 35.5. The number of hydrogen-bond acceptors (Lipinski definition) is 5. The summed E-state index contributed by atoms with van der Waals surface area (Å²) in [5.41, 5.74) is 2.93. The van der Waals surface area contributed by atoms with Crippen LogP contribution >= 0.6 is 23.2 Å². The van der Waals surface area contributed by atoms with Crippen LogP contribution in [0.5, 0.6) is 5.75 Å². The van der Waals surface area contributed by atoms with E-state index in [0.717, 1.165) is 22.6 Å². The van der Waals surface area contributed by atoms with Crippen LogP contribution in [0.15, 0.2) is 36.4 Å². The molecule has 0 aliphatic carbocycles. The van der Waals surface area contributed by atoms with Crippen molar-refractivity contribution in [2.75, 3.05) is 45.7 Å². The quantitative estimate of drug-likeness (QED) is 0.603. The molecule has 1 aliphatic rings. The second kappa shape index (κ2) is 11.6. The van der Waals surface area contributed by atoms with Gasteiger partial charge in [-0.05, 0) is 49.9 Å². The number of likely N-dealkylation sites (N-methyl/N-ethyl adjacent to an activating group) is 1. The van der Waals surface area contributed by atoms with Crippen LogP contribution in [0.1, 0.15) is 25.0 Å². The summed E-state index contributed by atoms with van der Waals surface area (Å²) in [6, 6.07) is 11.4. The molecule has 0 saturated carbocycles. The molecule has 2 aromatic carbocycles. The first-order chi connectivity index (χ1) is 16.1. The topological polar surface area (TPSA) is 56.2 Å². The summed E-state index contributed by atoms with van der Waals surface area (Å²) in [5, 5.41) is 10.9. The first kappa shape index (κ1) is 26.6. The maximum Gasteiger partial charge on any atom is 0.227 e. The molecular weight excluding hydrogens is 473 g/mol. The van der Waals surface area contributed by atoms with Crippen molar-refractivity contribution in [2.45, 2.75) is 39.0 Å². The van der Waals surface area contributed by atoms with Gasteiger partial charge >= 0.3 is 0 Å². The molecular formula is C26H35Cl2N3O3. The Hall–Kier alpha value is -1.99. The summed E-state index contributed by atoms with van der Waals surface area (Å²) in [6.45, 7) is 5.76. The van der Waals surface area contributed by atoms with Crippen LogP contribution in [0.2, 0.25) is 10.0 Å². The first-order valence-electron chi connectivity index (χ1n) is 11.6. The monoisotopic (exact) mass is 507 g/mol. The highest BCUT2D eigenvalue weighted by Crippen LogP contribution is 2.30. The summed E-state index contributed by atoms with van der Waals surface area (Å²) < 4.78 is 6.58. The number of anilines is 1. The van der Waals surface area contributed by atoms with Crippen molar-refractivity contribution in [3.05, 3.63) is 57.6 Å². The fourth-order valence-electron chi connectivity index (χ4n) is 4.23. The third kappa shape index (κ3) is 6.57. The molecule has 1 heterocycles. The predicted octanol–water partition coefficient (Wildman–Crippen LogP) is 4.34. The van der Waals surface area contributed by atoms with Gasteiger partial charge < -0.3 is 19.6 Å². The Morgan fingerprint density at radius 1 is 1.15 bits per heavy atom. The first-order valence-corrected chi connectivity index (χ1v) is 12.3. The van der Waals surface area contributed by atoms with Gasteiger partial charge in [0, 0.05) is 50.9 Å². The molecule has 186 valence electrons. The number of benzene rings is 2. The summed E-state index contributed by atoms with van der Waals surface area (Å²) in [7, 11) is 5.99. The SMILES string of the molecule is C[C@H](CO)N1C[C@H](C)[C@H](CN(C)Cc2ccc(Cl)c(Cl)c2)Oc2ccc(N(C)C)cc2CC1=O. The van der Waals surface area contributed by atoms with Crippen LogP contribution in [0, 0.1) is 5.92 Å². The van der Waals surface area contributed by atoms with Crippen molar-refractivity contribution in [2.24, 2.45) is 5.92 Å². The standard InChI is InChI=1S/C26H35Cl2N3O3/c1-17-13-31(18(2)16-32)26(33)12-20-11-21(29(3)4)7-9-24(20)34-25(17)15-30(5)14-19-6-8-22(27)23(28)10-19/h6-11,17-18,25,32H,12-16H2,1-5H3/t17-,18+,25-/m0/s1. The number of fused-ring (bicyclic) bond motifs is 1. The predicted molar refractivity (Wildman–Crippen MR) is 139 cm³/mol. The molecule has 2 aromatic rings. The summed E-state index contributed by atoms with van der Waals surface area (Å²) in [6.07, 6.45) is 0.0796. The minimum Gasteiger partial charge on any atom is -0.488 e. The van der Waals surface area contributed by atoms with E-state index in [0.29, 0.717) is 29.7 Å². The molecule has 0 bridgehead atoms. The fourth-order valence-corrected chi connectivity index (χ4v) is 4.55. The molecule has 0 aromatic heterocycles. The molecule has 0 unspecified atom stereocenters. The van der Waals surface area contributed by atoms with E-state index in [1.54, 1.807) is 4.90 Å². The van der Waals surface area contributed by atoms with Gasteiger partial charge in [-0.1, -0.05) is 36.2 Å². The average Bonchev–Trinajstić information content (AvgIpc) is 2.83. The van der Waals surface area contributed by atoms with E-state index >= 15 is 0 Å².